The first-order chi connectivity index (χ1) is 11.4. The molecule has 0 atom stereocenters. The van der Waals surface area contributed by atoms with E-state index < -0.39 is 11.8 Å². The van der Waals surface area contributed by atoms with Crippen molar-refractivity contribution in [1.29, 1.82) is 0 Å². The van der Waals surface area contributed by atoms with E-state index in [2.05, 4.69) is 31.8 Å². The Balaban J connectivity index is 1.83. The van der Waals surface area contributed by atoms with Crippen LogP contribution >= 0.6 is 27.5 Å². The lowest BCUT2D eigenvalue weighted by atomic mass is 10.2. The number of hydrogen-bond acceptors (Lipinski definition) is 3. The van der Waals surface area contributed by atoms with Crippen LogP contribution in [0.1, 0.15) is 17.5 Å². The quantitative estimate of drug-likeness (QED) is 0.448. The van der Waals surface area contributed by atoms with Crippen molar-refractivity contribution in [3.05, 3.63) is 63.1 Å². The molecule has 24 heavy (non-hydrogen) atoms. The molecular formula is C17H15BrClN3O2. The zero-order valence-electron chi connectivity index (χ0n) is 12.8. The van der Waals surface area contributed by atoms with Crippen molar-refractivity contribution in [2.45, 2.75) is 13.3 Å². The number of amides is 2. The van der Waals surface area contributed by atoms with Gasteiger partial charge in [0.05, 0.1) is 6.21 Å². The molecule has 124 valence electrons. The molecule has 0 heterocycles. The Morgan fingerprint density at radius 3 is 2.71 bits per heavy atom. The van der Waals surface area contributed by atoms with Crippen molar-refractivity contribution in [1.82, 2.24) is 5.43 Å². The van der Waals surface area contributed by atoms with Crippen LogP contribution < -0.4 is 10.7 Å². The maximum absolute atomic E-state index is 11.8. The molecule has 0 aliphatic carbocycles. The van der Waals surface area contributed by atoms with Gasteiger partial charge < -0.3 is 5.32 Å². The number of nitrogens with one attached hydrogen (secondary N) is 2. The second kappa shape index (κ2) is 8.61. The second-order valence-electron chi connectivity index (χ2n) is 5.04. The summed E-state index contributed by atoms with van der Waals surface area (Å²) in [6.45, 7) is 1.87. The molecule has 2 amide bonds. The van der Waals surface area contributed by atoms with Crippen LogP contribution in [0, 0.1) is 6.92 Å². The minimum atomic E-state index is -0.503. The molecule has 0 aromatic heterocycles. The van der Waals surface area contributed by atoms with E-state index in [-0.39, 0.29) is 6.42 Å². The van der Waals surface area contributed by atoms with Crippen LogP contribution in [0.2, 0.25) is 5.02 Å². The highest BCUT2D eigenvalue weighted by molar-refractivity contribution is 9.10. The number of hydrazone groups is 1. The van der Waals surface area contributed by atoms with Crippen molar-refractivity contribution in [3.63, 3.8) is 0 Å². The summed E-state index contributed by atoms with van der Waals surface area (Å²) in [6.07, 6.45) is 1.17. The standard InChI is InChI=1S/C17H15BrClN3O2/c1-11-5-6-14(8-15(11)19)21-16(23)9-17(24)22-20-10-12-3-2-4-13(18)7-12/h2-8,10H,9H2,1H3,(H,21,23)(H,22,24). The number of benzene rings is 2. The topological polar surface area (TPSA) is 70.6 Å². The van der Waals surface area contributed by atoms with Crippen LogP contribution in [-0.2, 0) is 9.59 Å². The van der Waals surface area contributed by atoms with Crippen LogP contribution in [0.5, 0.6) is 0 Å². The van der Waals surface area contributed by atoms with Gasteiger partial charge in [-0.05, 0) is 42.3 Å². The SMILES string of the molecule is Cc1ccc(NC(=O)CC(=O)NN=Cc2cccc(Br)c2)cc1Cl. The van der Waals surface area contributed by atoms with Gasteiger partial charge in [-0.25, -0.2) is 5.43 Å². The summed E-state index contributed by atoms with van der Waals surface area (Å²) in [6, 6.07) is 12.6. The van der Waals surface area contributed by atoms with Gasteiger partial charge in [0.25, 0.3) is 0 Å². The predicted octanol–water partition coefficient (Wildman–Crippen LogP) is 3.89. The Bertz CT molecular complexity index is 793. The molecule has 7 heteroatoms. The van der Waals surface area contributed by atoms with Gasteiger partial charge in [-0.2, -0.15) is 5.10 Å². The van der Waals surface area contributed by atoms with E-state index >= 15 is 0 Å². The maximum atomic E-state index is 11.8. The van der Waals surface area contributed by atoms with Gasteiger partial charge in [0.1, 0.15) is 6.42 Å². The van der Waals surface area contributed by atoms with Crippen molar-refractivity contribution in [2.75, 3.05) is 5.32 Å². The smallest absolute Gasteiger partial charge is 0.249 e. The number of aryl methyl sites for hydroxylation is 1. The molecular weight excluding hydrogens is 394 g/mol. The molecule has 5 nitrogen and oxygen atoms in total. The summed E-state index contributed by atoms with van der Waals surface area (Å²) in [5.41, 5.74) is 4.59. The zero-order valence-corrected chi connectivity index (χ0v) is 15.2. The molecule has 0 bridgehead atoms. The van der Waals surface area contributed by atoms with Crippen molar-refractivity contribution in [3.8, 4) is 0 Å². The molecule has 0 saturated heterocycles. The van der Waals surface area contributed by atoms with E-state index in [1.165, 1.54) is 6.21 Å². The number of carbonyl (C=O) groups excluding carboxylic acids is 2. The fourth-order valence-corrected chi connectivity index (χ4v) is 2.42. The molecule has 0 unspecified atom stereocenters. The number of nitrogens with zero attached hydrogens (tertiary/aromatic N) is 1. The summed E-state index contributed by atoms with van der Waals surface area (Å²) in [7, 11) is 0. The summed E-state index contributed by atoms with van der Waals surface area (Å²) >= 11 is 9.33. The predicted molar refractivity (Wildman–Crippen MR) is 99.3 cm³/mol. The Kier molecular flexibility index (Phi) is 6.52. The van der Waals surface area contributed by atoms with E-state index in [1.807, 2.05) is 31.2 Å². The minimum absolute atomic E-state index is 0.332. The van der Waals surface area contributed by atoms with E-state index in [0.29, 0.717) is 10.7 Å². The number of carbonyl (C=O) groups is 2. The van der Waals surface area contributed by atoms with Crippen molar-refractivity contribution >= 4 is 51.2 Å². The van der Waals surface area contributed by atoms with E-state index in [9.17, 15) is 9.59 Å². The van der Waals surface area contributed by atoms with Crippen molar-refractivity contribution in [2.24, 2.45) is 5.10 Å². The van der Waals surface area contributed by atoms with Crippen LogP contribution in [0.15, 0.2) is 52.0 Å². The number of halogens is 2. The van der Waals surface area contributed by atoms with Gasteiger partial charge >= 0.3 is 0 Å². The average molecular weight is 409 g/mol. The summed E-state index contributed by atoms with van der Waals surface area (Å²) in [4.78, 5) is 23.5. The van der Waals surface area contributed by atoms with Crippen molar-refractivity contribution < 1.29 is 9.59 Å². The third-order valence-corrected chi connectivity index (χ3v) is 3.93. The molecule has 2 aromatic carbocycles. The highest BCUT2D eigenvalue weighted by Crippen LogP contribution is 2.19. The first-order valence-corrected chi connectivity index (χ1v) is 8.24. The first kappa shape index (κ1) is 18.2. The van der Waals surface area contributed by atoms with Gasteiger partial charge in [-0.15, -0.1) is 0 Å². The van der Waals surface area contributed by atoms with E-state index in [1.54, 1.807) is 18.2 Å². The molecule has 2 N–H and O–H groups in total. The molecule has 0 radical (unpaired) electrons. The number of anilines is 1. The van der Waals surface area contributed by atoms with Gasteiger partial charge in [-0.1, -0.05) is 45.7 Å². The Labute approximate surface area is 153 Å². The fraction of sp³-hybridized carbons (Fsp3) is 0.118. The lowest BCUT2D eigenvalue weighted by Crippen LogP contribution is -2.24. The average Bonchev–Trinajstić information content (AvgIpc) is 2.51. The molecule has 0 fully saturated rings. The monoisotopic (exact) mass is 407 g/mol. The van der Waals surface area contributed by atoms with Crippen LogP contribution in [0.25, 0.3) is 0 Å². The van der Waals surface area contributed by atoms with Gasteiger partial charge in [0.15, 0.2) is 0 Å². The molecule has 0 saturated carbocycles. The molecule has 0 aliphatic rings. The van der Waals surface area contributed by atoms with Crippen LogP contribution in [-0.4, -0.2) is 18.0 Å². The molecule has 2 aromatic rings. The normalized spacial score (nSPS) is 10.6. The third kappa shape index (κ3) is 5.79. The molecule has 2 rings (SSSR count). The van der Waals surface area contributed by atoms with Gasteiger partial charge in [0.2, 0.25) is 11.8 Å². The molecule has 0 spiro atoms. The van der Waals surface area contributed by atoms with Crippen LogP contribution in [0.4, 0.5) is 5.69 Å². The van der Waals surface area contributed by atoms with Gasteiger partial charge in [-0.3, -0.25) is 9.59 Å². The Morgan fingerprint density at radius 1 is 1.21 bits per heavy atom. The highest BCUT2D eigenvalue weighted by atomic mass is 79.9. The Hall–Kier alpha value is -2.18. The Morgan fingerprint density at radius 2 is 2.00 bits per heavy atom. The third-order valence-electron chi connectivity index (χ3n) is 3.03. The number of rotatable bonds is 5. The summed E-state index contributed by atoms with van der Waals surface area (Å²) in [5.74, 6) is -0.943. The largest absolute Gasteiger partial charge is 0.326 e. The fourth-order valence-electron chi connectivity index (χ4n) is 1.83. The summed E-state index contributed by atoms with van der Waals surface area (Å²) < 4.78 is 0.911. The van der Waals surface area contributed by atoms with E-state index in [4.69, 9.17) is 11.6 Å². The zero-order chi connectivity index (χ0) is 17.5. The van der Waals surface area contributed by atoms with E-state index in [0.717, 1.165) is 15.6 Å². The highest BCUT2D eigenvalue weighted by Gasteiger charge is 2.09. The van der Waals surface area contributed by atoms with Gasteiger partial charge in [0, 0.05) is 15.2 Å². The summed E-state index contributed by atoms with van der Waals surface area (Å²) in [5, 5.41) is 6.99. The lowest BCUT2D eigenvalue weighted by Gasteiger charge is -2.06. The second-order valence-corrected chi connectivity index (χ2v) is 6.36. The molecule has 0 aliphatic heterocycles. The minimum Gasteiger partial charge on any atom is -0.326 e. The number of hydrogen-bond donors (Lipinski definition) is 2. The maximum Gasteiger partial charge on any atom is 0.249 e. The first-order valence-electron chi connectivity index (χ1n) is 7.07. The van der Waals surface area contributed by atoms with Crippen LogP contribution in [0.3, 0.4) is 0 Å². The lowest BCUT2D eigenvalue weighted by molar-refractivity contribution is -0.126.